The molecule has 1 N–H and O–H groups in total. The van der Waals surface area contributed by atoms with Gasteiger partial charge >= 0.3 is 0 Å². The molecule has 4 atom stereocenters. The molecule has 3 aromatic rings. The fraction of sp³-hybridized carbons (Fsp3) is 0.179. The van der Waals surface area contributed by atoms with Crippen LogP contribution in [0.25, 0.3) is 6.08 Å². The van der Waals surface area contributed by atoms with E-state index in [0.29, 0.717) is 22.9 Å². The minimum absolute atomic E-state index is 0.0536. The fourth-order valence-electron chi connectivity index (χ4n) is 5.98. The highest BCUT2D eigenvalue weighted by molar-refractivity contribution is 6.25. The zero-order chi connectivity index (χ0) is 26.8. The van der Waals surface area contributed by atoms with Crippen molar-refractivity contribution < 1.29 is 28.8 Å². The van der Waals surface area contributed by atoms with Gasteiger partial charge in [-0.3, -0.25) is 24.5 Å². The van der Waals surface area contributed by atoms with Gasteiger partial charge in [-0.2, -0.15) is 0 Å². The Balaban J connectivity index is 1.28. The lowest BCUT2D eigenvalue weighted by Crippen LogP contribution is -2.50. The molecule has 0 aromatic heterocycles. The second kappa shape index (κ2) is 8.42. The number of fused-ring (bicyclic) bond motifs is 6. The van der Waals surface area contributed by atoms with Crippen molar-refractivity contribution >= 4 is 46.5 Å². The number of amides is 3. The Morgan fingerprint density at radius 2 is 1.69 bits per heavy atom. The summed E-state index contributed by atoms with van der Waals surface area (Å²) < 4.78 is 10.8. The minimum Gasteiger partial charge on any atom is -0.454 e. The standard InChI is InChI=1S/C28H20N4O7/c33-26(29-16-6-8-17(9-7-16)32(36)37)25-24-23(20-11-5-15-3-1-2-4-19(15)31(20)25)27(34)30(28(24)35)18-10-12-21-22(13-18)39-14-38-21/h1-13,20,23-25H,14H2,(H,29,33)/t20-,23-,24+,25-/m0/s1. The SMILES string of the molecule is O=C(Nc1ccc([N+](=O)[O-])cc1)[C@@H]1[C@@H]2C(=O)N(c3ccc4c(c3)OCO4)C(=O)[C@H]2[C@@H]2C=Cc3ccccc3N12. The fourth-order valence-corrected chi connectivity index (χ4v) is 5.98. The number of carbonyl (C=O) groups is 3. The van der Waals surface area contributed by atoms with Gasteiger partial charge in [-0.15, -0.1) is 0 Å². The van der Waals surface area contributed by atoms with Crippen molar-refractivity contribution in [2.45, 2.75) is 12.1 Å². The lowest BCUT2D eigenvalue weighted by atomic mass is 9.88. The van der Waals surface area contributed by atoms with Crippen LogP contribution in [-0.4, -0.2) is 41.5 Å². The third-order valence-electron chi connectivity index (χ3n) is 7.64. The summed E-state index contributed by atoms with van der Waals surface area (Å²) in [6.45, 7) is 0.0536. The molecule has 0 unspecified atom stereocenters. The number of nitro groups is 1. The van der Waals surface area contributed by atoms with Crippen LogP contribution in [0.4, 0.5) is 22.7 Å². The second-order valence-electron chi connectivity index (χ2n) is 9.65. The number of non-ortho nitro benzene ring substituents is 1. The molecule has 2 fully saturated rings. The van der Waals surface area contributed by atoms with E-state index in [-0.39, 0.29) is 12.5 Å². The normalized spacial score (nSPS) is 23.9. The molecule has 4 heterocycles. The Morgan fingerprint density at radius 3 is 2.49 bits per heavy atom. The average molecular weight is 524 g/mol. The highest BCUT2D eigenvalue weighted by Gasteiger charge is 2.64. The van der Waals surface area contributed by atoms with Crippen LogP contribution < -0.4 is 24.6 Å². The second-order valence-corrected chi connectivity index (χ2v) is 9.65. The molecule has 39 heavy (non-hydrogen) atoms. The lowest BCUT2D eigenvalue weighted by Gasteiger charge is -2.36. The zero-order valence-electron chi connectivity index (χ0n) is 20.2. The molecule has 0 spiro atoms. The molecule has 11 heteroatoms. The van der Waals surface area contributed by atoms with Gasteiger partial charge in [-0.25, -0.2) is 4.90 Å². The predicted molar refractivity (Wildman–Crippen MR) is 139 cm³/mol. The first-order chi connectivity index (χ1) is 18.9. The van der Waals surface area contributed by atoms with Crippen LogP contribution in [0.15, 0.2) is 72.8 Å². The van der Waals surface area contributed by atoms with Crippen molar-refractivity contribution in [3.05, 3.63) is 88.5 Å². The van der Waals surface area contributed by atoms with Gasteiger partial charge in [0.2, 0.25) is 24.5 Å². The van der Waals surface area contributed by atoms with E-state index in [4.69, 9.17) is 9.47 Å². The van der Waals surface area contributed by atoms with Crippen molar-refractivity contribution in [1.29, 1.82) is 0 Å². The minimum atomic E-state index is -1.00. The molecule has 0 saturated carbocycles. The third kappa shape index (κ3) is 3.39. The van der Waals surface area contributed by atoms with Gasteiger partial charge < -0.3 is 19.7 Å². The Morgan fingerprint density at radius 1 is 0.949 bits per heavy atom. The topological polar surface area (TPSA) is 131 Å². The number of carbonyl (C=O) groups excluding carboxylic acids is 3. The number of para-hydroxylation sites is 1. The van der Waals surface area contributed by atoms with Crippen LogP contribution in [0.1, 0.15) is 5.56 Å². The summed E-state index contributed by atoms with van der Waals surface area (Å²) in [5.74, 6) is -2.15. The van der Waals surface area contributed by atoms with Crippen molar-refractivity contribution in [2.75, 3.05) is 21.9 Å². The van der Waals surface area contributed by atoms with Gasteiger partial charge in [-0.05, 0) is 35.9 Å². The molecule has 4 aliphatic rings. The monoisotopic (exact) mass is 524 g/mol. The van der Waals surface area contributed by atoms with Gasteiger partial charge in [-0.1, -0.05) is 30.4 Å². The number of ether oxygens (including phenoxy) is 2. The highest BCUT2D eigenvalue weighted by atomic mass is 16.7. The third-order valence-corrected chi connectivity index (χ3v) is 7.64. The van der Waals surface area contributed by atoms with E-state index in [1.165, 1.54) is 24.3 Å². The highest BCUT2D eigenvalue weighted by Crippen LogP contribution is 2.50. The maximum absolute atomic E-state index is 14.0. The number of hydrogen-bond donors (Lipinski definition) is 1. The summed E-state index contributed by atoms with van der Waals surface area (Å²) in [6, 6.07) is 16.3. The Labute approximate surface area is 221 Å². The summed E-state index contributed by atoms with van der Waals surface area (Å²) in [5.41, 5.74) is 2.20. The molecule has 11 nitrogen and oxygen atoms in total. The summed E-state index contributed by atoms with van der Waals surface area (Å²) in [7, 11) is 0. The number of anilines is 3. The van der Waals surface area contributed by atoms with E-state index in [0.717, 1.165) is 16.2 Å². The summed E-state index contributed by atoms with van der Waals surface area (Å²) >= 11 is 0. The van der Waals surface area contributed by atoms with Crippen LogP contribution in [0, 0.1) is 22.0 Å². The lowest BCUT2D eigenvalue weighted by molar-refractivity contribution is -0.384. The molecular formula is C28H20N4O7. The van der Waals surface area contributed by atoms with Gasteiger partial charge in [0.25, 0.3) is 5.69 Å². The Bertz CT molecular complexity index is 1600. The molecule has 194 valence electrons. The van der Waals surface area contributed by atoms with E-state index in [2.05, 4.69) is 5.32 Å². The van der Waals surface area contributed by atoms with Crippen LogP contribution in [0.2, 0.25) is 0 Å². The Hall–Kier alpha value is -5.19. The quantitative estimate of drug-likeness (QED) is 0.312. The number of nitrogens with zero attached hydrogens (tertiary/aromatic N) is 3. The summed E-state index contributed by atoms with van der Waals surface area (Å²) in [5, 5.41) is 13.8. The predicted octanol–water partition coefficient (Wildman–Crippen LogP) is 3.35. The molecule has 7 rings (SSSR count). The van der Waals surface area contributed by atoms with Crippen molar-refractivity contribution in [3.63, 3.8) is 0 Å². The molecule has 2 saturated heterocycles. The van der Waals surface area contributed by atoms with Crippen LogP contribution >= 0.6 is 0 Å². The van der Waals surface area contributed by atoms with Crippen molar-refractivity contribution in [1.82, 2.24) is 0 Å². The number of benzene rings is 3. The molecule has 0 aliphatic carbocycles. The molecular weight excluding hydrogens is 504 g/mol. The van der Waals surface area contributed by atoms with E-state index in [1.54, 1.807) is 18.2 Å². The largest absolute Gasteiger partial charge is 0.454 e. The van der Waals surface area contributed by atoms with Crippen LogP contribution in [0.3, 0.4) is 0 Å². The van der Waals surface area contributed by atoms with E-state index in [1.807, 2.05) is 41.3 Å². The van der Waals surface area contributed by atoms with E-state index < -0.39 is 46.6 Å². The molecule has 0 bridgehead atoms. The first-order valence-corrected chi connectivity index (χ1v) is 12.3. The molecule has 3 amide bonds. The maximum Gasteiger partial charge on any atom is 0.269 e. The van der Waals surface area contributed by atoms with Gasteiger partial charge in [0.15, 0.2) is 11.5 Å². The smallest absolute Gasteiger partial charge is 0.269 e. The van der Waals surface area contributed by atoms with Gasteiger partial charge in [0, 0.05) is 29.6 Å². The first-order valence-electron chi connectivity index (χ1n) is 12.3. The number of rotatable bonds is 4. The van der Waals surface area contributed by atoms with Gasteiger partial charge in [0.1, 0.15) is 6.04 Å². The molecule has 3 aromatic carbocycles. The summed E-state index contributed by atoms with van der Waals surface area (Å²) in [4.78, 5) is 55.2. The van der Waals surface area contributed by atoms with Gasteiger partial charge in [0.05, 0.1) is 28.5 Å². The van der Waals surface area contributed by atoms with E-state index >= 15 is 0 Å². The number of imide groups is 1. The number of nitrogens with one attached hydrogen (secondary N) is 1. The summed E-state index contributed by atoms with van der Waals surface area (Å²) in [6.07, 6.45) is 3.78. The first kappa shape index (κ1) is 23.0. The Kier molecular flexibility index (Phi) is 4.96. The zero-order valence-corrected chi connectivity index (χ0v) is 20.2. The molecule has 0 radical (unpaired) electrons. The van der Waals surface area contributed by atoms with Crippen molar-refractivity contribution in [2.24, 2.45) is 11.8 Å². The van der Waals surface area contributed by atoms with Crippen LogP contribution in [-0.2, 0) is 14.4 Å². The number of hydrogen-bond acceptors (Lipinski definition) is 8. The van der Waals surface area contributed by atoms with Crippen molar-refractivity contribution in [3.8, 4) is 11.5 Å². The maximum atomic E-state index is 14.0. The van der Waals surface area contributed by atoms with E-state index in [9.17, 15) is 24.5 Å². The van der Waals surface area contributed by atoms with Crippen LogP contribution in [0.5, 0.6) is 11.5 Å². The average Bonchev–Trinajstić information content (AvgIpc) is 3.62. The molecule has 4 aliphatic heterocycles. The number of nitro benzene ring substituents is 1.